The fraction of sp³-hybridized carbons (Fsp3) is 0.500. The number of hydrogen-bond acceptors (Lipinski definition) is 3. The average molecular weight is 274 g/mol. The molecule has 0 radical (unpaired) electrons. The lowest BCUT2D eigenvalue weighted by atomic mass is 9.98. The summed E-state index contributed by atoms with van der Waals surface area (Å²) in [5, 5.41) is 0. The first-order chi connectivity index (χ1) is 8.24. The summed E-state index contributed by atoms with van der Waals surface area (Å²) in [4.78, 5) is -0.0190. The van der Waals surface area contributed by atoms with Gasteiger partial charge >= 0.3 is 0 Å². The second kappa shape index (κ2) is 5.24. The number of benzene rings is 1. The fourth-order valence-corrected chi connectivity index (χ4v) is 3.05. The van der Waals surface area contributed by atoms with Crippen molar-refractivity contribution < 1.29 is 12.8 Å². The Bertz CT molecular complexity index is 525. The molecule has 1 rings (SSSR count). The van der Waals surface area contributed by atoms with Crippen LogP contribution in [0.3, 0.4) is 0 Å². The third-order valence-electron chi connectivity index (χ3n) is 3.22. The van der Waals surface area contributed by atoms with Crippen molar-refractivity contribution in [3.63, 3.8) is 0 Å². The third kappa shape index (κ3) is 3.20. The van der Waals surface area contributed by atoms with Gasteiger partial charge in [0, 0.05) is 5.54 Å². The molecule has 0 heterocycles. The van der Waals surface area contributed by atoms with Crippen LogP contribution in [0.15, 0.2) is 23.1 Å². The van der Waals surface area contributed by atoms with Crippen molar-refractivity contribution in [2.75, 3.05) is 5.73 Å². The first kappa shape index (κ1) is 14.9. The molecule has 0 bridgehead atoms. The first-order valence-corrected chi connectivity index (χ1v) is 7.31. The van der Waals surface area contributed by atoms with Crippen LogP contribution in [0, 0.1) is 5.82 Å². The van der Waals surface area contributed by atoms with Gasteiger partial charge in [-0.15, -0.1) is 0 Å². The molecular weight excluding hydrogens is 255 g/mol. The van der Waals surface area contributed by atoms with E-state index in [2.05, 4.69) is 4.72 Å². The molecular formula is C12H19FN2O2S. The van der Waals surface area contributed by atoms with Gasteiger partial charge in [-0.1, -0.05) is 13.8 Å². The standard InChI is InChI=1S/C12H19FN2O2S/c1-4-12(3,5-2)15-18(16,17)9-6-7-10(13)11(14)8-9/h6-8,15H,4-5,14H2,1-3H3. The Morgan fingerprint density at radius 1 is 1.33 bits per heavy atom. The highest BCUT2D eigenvalue weighted by Gasteiger charge is 2.27. The summed E-state index contributed by atoms with van der Waals surface area (Å²) in [5.41, 5.74) is 4.69. The lowest BCUT2D eigenvalue weighted by Crippen LogP contribution is -2.44. The molecule has 3 N–H and O–H groups in total. The van der Waals surface area contributed by atoms with Crippen molar-refractivity contribution in [1.82, 2.24) is 4.72 Å². The highest BCUT2D eigenvalue weighted by atomic mass is 32.2. The molecule has 0 aliphatic rings. The highest BCUT2D eigenvalue weighted by molar-refractivity contribution is 7.89. The van der Waals surface area contributed by atoms with Crippen molar-refractivity contribution in [2.45, 2.75) is 44.0 Å². The Morgan fingerprint density at radius 3 is 2.33 bits per heavy atom. The van der Waals surface area contributed by atoms with E-state index < -0.39 is 21.4 Å². The van der Waals surface area contributed by atoms with Gasteiger partial charge in [0.25, 0.3) is 0 Å². The Morgan fingerprint density at radius 2 is 1.89 bits per heavy atom. The van der Waals surface area contributed by atoms with Gasteiger partial charge in [0.15, 0.2) is 0 Å². The molecule has 4 nitrogen and oxygen atoms in total. The van der Waals surface area contributed by atoms with E-state index >= 15 is 0 Å². The maximum Gasteiger partial charge on any atom is 0.241 e. The molecule has 0 amide bonds. The van der Waals surface area contributed by atoms with Gasteiger partial charge in [0.2, 0.25) is 10.0 Å². The Labute approximate surface area is 107 Å². The molecule has 1 aromatic rings. The molecule has 1 aromatic carbocycles. The van der Waals surface area contributed by atoms with Crippen molar-refractivity contribution in [2.24, 2.45) is 0 Å². The monoisotopic (exact) mass is 274 g/mol. The molecule has 0 aliphatic carbocycles. The summed E-state index contributed by atoms with van der Waals surface area (Å²) in [7, 11) is -3.68. The van der Waals surface area contributed by atoms with Crippen LogP contribution in [-0.4, -0.2) is 14.0 Å². The topological polar surface area (TPSA) is 72.2 Å². The van der Waals surface area contributed by atoms with Gasteiger partial charge in [0.05, 0.1) is 10.6 Å². The molecule has 0 spiro atoms. The second-order valence-corrected chi connectivity index (χ2v) is 6.24. The van der Waals surface area contributed by atoms with Gasteiger partial charge in [-0.25, -0.2) is 17.5 Å². The number of nitrogens with two attached hydrogens (primary N) is 1. The number of nitrogens with one attached hydrogen (secondary N) is 1. The zero-order valence-corrected chi connectivity index (χ0v) is 11.6. The Kier molecular flexibility index (Phi) is 4.34. The van der Waals surface area contributed by atoms with E-state index in [1.54, 1.807) is 0 Å². The number of anilines is 1. The maximum absolute atomic E-state index is 13.0. The van der Waals surface area contributed by atoms with E-state index in [4.69, 9.17) is 5.73 Å². The minimum absolute atomic E-state index is 0.0190. The van der Waals surface area contributed by atoms with E-state index in [0.29, 0.717) is 12.8 Å². The molecule has 0 saturated carbocycles. The number of nitrogen functional groups attached to an aromatic ring is 1. The van der Waals surface area contributed by atoms with Crippen molar-refractivity contribution in [3.05, 3.63) is 24.0 Å². The van der Waals surface area contributed by atoms with Crippen LogP contribution in [0.2, 0.25) is 0 Å². The van der Waals surface area contributed by atoms with Crippen molar-refractivity contribution in [3.8, 4) is 0 Å². The van der Waals surface area contributed by atoms with Crippen LogP contribution in [0.5, 0.6) is 0 Å². The number of halogens is 1. The van der Waals surface area contributed by atoms with E-state index in [9.17, 15) is 12.8 Å². The minimum atomic E-state index is -3.68. The molecule has 6 heteroatoms. The normalized spacial score (nSPS) is 12.7. The third-order valence-corrected chi connectivity index (χ3v) is 4.86. The zero-order chi connectivity index (χ0) is 14.0. The van der Waals surface area contributed by atoms with Crippen LogP contribution in [-0.2, 0) is 10.0 Å². The summed E-state index contributed by atoms with van der Waals surface area (Å²) >= 11 is 0. The molecule has 102 valence electrons. The number of sulfonamides is 1. The van der Waals surface area contributed by atoms with E-state index in [1.807, 2.05) is 20.8 Å². The van der Waals surface area contributed by atoms with E-state index in [1.165, 1.54) is 6.07 Å². The lowest BCUT2D eigenvalue weighted by Gasteiger charge is -2.27. The molecule has 0 unspecified atom stereocenters. The summed E-state index contributed by atoms with van der Waals surface area (Å²) in [5.74, 6) is -0.623. The van der Waals surface area contributed by atoms with Crippen LogP contribution in [0.1, 0.15) is 33.6 Å². The Balaban J connectivity index is 3.10. The average Bonchev–Trinajstić information content (AvgIpc) is 2.32. The molecule has 0 aliphatic heterocycles. The molecule has 18 heavy (non-hydrogen) atoms. The predicted octanol–water partition coefficient (Wildman–Crippen LogP) is 2.26. The zero-order valence-electron chi connectivity index (χ0n) is 10.8. The predicted molar refractivity (Wildman–Crippen MR) is 70.1 cm³/mol. The SMILES string of the molecule is CCC(C)(CC)NS(=O)(=O)c1ccc(F)c(N)c1. The molecule has 0 fully saturated rings. The van der Waals surface area contributed by atoms with Gasteiger partial charge in [0.1, 0.15) is 5.82 Å². The van der Waals surface area contributed by atoms with E-state index in [0.717, 1.165) is 12.1 Å². The number of rotatable bonds is 5. The lowest BCUT2D eigenvalue weighted by molar-refractivity contribution is 0.388. The van der Waals surface area contributed by atoms with Gasteiger partial charge in [-0.2, -0.15) is 0 Å². The number of hydrogen-bond donors (Lipinski definition) is 2. The second-order valence-electron chi connectivity index (χ2n) is 4.56. The van der Waals surface area contributed by atoms with Crippen LogP contribution >= 0.6 is 0 Å². The summed E-state index contributed by atoms with van der Waals surface area (Å²) < 4.78 is 39.9. The van der Waals surface area contributed by atoms with E-state index in [-0.39, 0.29) is 10.6 Å². The first-order valence-electron chi connectivity index (χ1n) is 5.83. The Hall–Kier alpha value is -1.14. The van der Waals surface area contributed by atoms with Crippen LogP contribution in [0.4, 0.5) is 10.1 Å². The quantitative estimate of drug-likeness (QED) is 0.809. The summed E-state index contributed by atoms with van der Waals surface area (Å²) in [6.07, 6.45) is 1.33. The van der Waals surface area contributed by atoms with Gasteiger partial charge in [-0.05, 0) is 38.0 Å². The largest absolute Gasteiger partial charge is 0.396 e. The minimum Gasteiger partial charge on any atom is -0.396 e. The van der Waals surface area contributed by atoms with Gasteiger partial charge < -0.3 is 5.73 Å². The highest BCUT2D eigenvalue weighted by Crippen LogP contribution is 2.21. The molecule has 0 saturated heterocycles. The summed E-state index contributed by atoms with van der Waals surface area (Å²) in [6.45, 7) is 5.65. The van der Waals surface area contributed by atoms with Crippen molar-refractivity contribution in [1.29, 1.82) is 0 Å². The van der Waals surface area contributed by atoms with Crippen LogP contribution in [0.25, 0.3) is 0 Å². The smallest absolute Gasteiger partial charge is 0.241 e. The maximum atomic E-state index is 13.0. The summed E-state index contributed by atoms with van der Waals surface area (Å²) in [6, 6.07) is 3.39. The van der Waals surface area contributed by atoms with Crippen molar-refractivity contribution >= 4 is 15.7 Å². The molecule has 0 atom stereocenters. The molecule has 0 aromatic heterocycles. The fourth-order valence-electron chi connectivity index (χ4n) is 1.47. The van der Waals surface area contributed by atoms with Gasteiger partial charge in [-0.3, -0.25) is 0 Å². The van der Waals surface area contributed by atoms with Crippen LogP contribution < -0.4 is 10.5 Å².